The van der Waals surface area contributed by atoms with E-state index in [1.54, 1.807) is 0 Å². The largest absolute Gasteiger partial charge is 0.466 e. The van der Waals surface area contributed by atoms with Crippen LogP contribution in [-0.2, 0) is 9.53 Å². The van der Waals surface area contributed by atoms with E-state index in [2.05, 4.69) is 12.2 Å². The van der Waals surface area contributed by atoms with Crippen LogP contribution in [0.2, 0.25) is 0 Å². The predicted molar refractivity (Wildman–Crippen MR) is 81.3 cm³/mol. The lowest BCUT2D eigenvalue weighted by Gasteiger charge is -2.05. The fourth-order valence-electron chi connectivity index (χ4n) is 2.07. The van der Waals surface area contributed by atoms with Crippen LogP contribution < -0.4 is 5.32 Å². The molecule has 0 fully saturated rings. The van der Waals surface area contributed by atoms with Gasteiger partial charge in [0.1, 0.15) is 0 Å². The third-order valence-electron chi connectivity index (χ3n) is 3.32. The van der Waals surface area contributed by atoms with Gasteiger partial charge < -0.3 is 10.1 Å². The molecule has 0 atom stereocenters. The van der Waals surface area contributed by atoms with Gasteiger partial charge >= 0.3 is 5.97 Å². The maximum atomic E-state index is 11.4. The SMILES string of the molecule is CCCCCCCCCOC(=O)CCCCCNC. The first-order valence-corrected chi connectivity index (χ1v) is 8.11. The Bertz CT molecular complexity index is 195. The molecule has 0 spiro atoms. The Morgan fingerprint density at radius 2 is 1.53 bits per heavy atom. The highest BCUT2D eigenvalue weighted by Crippen LogP contribution is 2.07. The Kier molecular flexibility index (Phi) is 15.0. The Morgan fingerprint density at radius 3 is 2.21 bits per heavy atom. The molecule has 0 saturated carbocycles. The Morgan fingerprint density at radius 1 is 0.895 bits per heavy atom. The highest BCUT2D eigenvalue weighted by molar-refractivity contribution is 5.69. The van der Waals surface area contributed by atoms with Crippen molar-refractivity contribution >= 4 is 5.97 Å². The van der Waals surface area contributed by atoms with Crippen LogP contribution in [0.4, 0.5) is 0 Å². The van der Waals surface area contributed by atoms with Gasteiger partial charge in [-0.25, -0.2) is 0 Å². The van der Waals surface area contributed by atoms with Crippen molar-refractivity contribution in [3.63, 3.8) is 0 Å². The standard InChI is InChI=1S/C16H33NO2/c1-3-4-5-6-7-8-12-15-19-16(18)13-10-9-11-14-17-2/h17H,3-15H2,1-2H3. The summed E-state index contributed by atoms with van der Waals surface area (Å²) in [6, 6.07) is 0. The van der Waals surface area contributed by atoms with Gasteiger partial charge in [0.2, 0.25) is 0 Å². The zero-order valence-electron chi connectivity index (χ0n) is 13.0. The van der Waals surface area contributed by atoms with Crippen molar-refractivity contribution in [2.45, 2.75) is 77.6 Å². The van der Waals surface area contributed by atoms with Crippen LogP contribution in [0, 0.1) is 0 Å². The minimum Gasteiger partial charge on any atom is -0.466 e. The van der Waals surface area contributed by atoms with Crippen molar-refractivity contribution in [1.82, 2.24) is 5.32 Å². The average molecular weight is 271 g/mol. The molecular formula is C16H33NO2. The van der Waals surface area contributed by atoms with Crippen LogP contribution in [-0.4, -0.2) is 26.2 Å². The second-order valence-electron chi connectivity index (χ2n) is 5.26. The summed E-state index contributed by atoms with van der Waals surface area (Å²) in [7, 11) is 1.95. The summed E-state index contributed by atoms with van der Waals surface area (Å²) in [4.78, 5) is 11.4. The fraction of sp³-hybridized carbons (Fsp3) is 0.938. The number of hydrogen-bond donors (Lipinski definition) is 1. The molecule has 114 valence electrons. The van der Waals surface area contributed by atoms with Crippen molar-refractivity contribution in [1.29, 1.82) is 0 Å². The normalized spacial score (nSPS) is 10.6. The quantitative estimate of drug-likeness (QED) is 0.382. The molecule has 0 radical (unpaired) electrons. The van der Waals surface area contributed by atoms with Crippen LogP contribution in [0.3, 0.4) is 0 Å². The molecule has 3 heteroatoms. The lowest BCUT2D eigenvalue weighted by molar-refractivity contribution is -0.143. The van der Waals surface area contributed by atoms with Gasteiger partial charge in [0, 0.05) is 6.42 Å². The Labute approximate surface area is 119 Å². The molecule has 0 aliphatic carbocycles. The van der Waals surface area contributed by atoms with Gasteiger partial charge in [0.05, 0.1) is 6.61 Å². The van der Waals surface area contributed by atoms with Gasteiger partial charge in [-0.3, -0.25) is 4.79 Å². The van der Waals surface area contributed by atoms with E-state index in [-0.39, 0.29) is 5.97 Å². The smallest absolute Gasteiger partial charge is 0.305 e. The zero-order chi connectivity index (χ0) is 14.2. The van der Waals surface area contributed by atoms with Gasteiger partial charge in [-0.15, -0.1) is 0 Å². The molecule has 0 unspecified atom stereocenters. The summed E-state index contributed by atoms with van der Waals surface area (Å²) in [5, 5.41) is 3.11. The number of rotatable bonds is 14. The van der Waals surface area contributed by atoms with Gasteiger partial charge in [0.25, 0.3) is 0 Å². The second kappa shape index (κ2) is 15.5. The predicted octanol–water partition coefficient (Wildman–Crippen LogP) is 4.06. The molecule has 0 rings (SSSR count). The molecule has 0 aromatic carbocycles. The molecule has 0 bridgehead atoms. The van der Waals surface area contributed by atoms with Gasteiger partial charge in [-0.2, -0.15) is 0 Å². The fourth-order valence-corrected chi connectivity index (χ4v) is 2.07. The number of ether oxygens (including phenoxy) is 1. The number of unbranched alkanes of at least 4 members (excludes halogenated alkanes) is 8. The van der Waals surface area contributed by atoms with E-state index in [0.717, 1.165) is 32.2 Å². The van der Waals surface area contributed by atoms with Gasteiger partial charge in [-0.1, -0.05) is 51.9 Å². The van der Waals surface area contributed by atoms with Crippen LogP contribution in [0.5, 0.6) is 0 Å². The van der Waals surface area contributed by atoms with Gasteiger partial charge in [0.15, 0.2) is 0 Å². The van der Waals surface area contributed by atoms with E-state index in [9.17, 15) is 4.79 Å². The molecule has 0 aliphatic heterocycles. The van der Waals surface area contributed by atoms with E-state index in [0.29, 0.717) is 13.0 Å². The summed E-state index contributed by atoms with van der Waals surface area (Å²) >= 11 is 0. The molecule has 0 heterocycles. The van der Waals surface area contributed by atoms with Crippen LogP contribution >= 0.6 is 0 Å². The first-order valence-electron chi connectivity index (χ1n) is 8.11. The molecule has 3 nitrogen and oxygen atoms in total. The minimum atomic E-state index is -0.0181. The van der Waals surface area contributed by atoms with Crippen LogP contribution in [0.1, 0.15) is 77.6 Å². The zero-order valence-corrected chi connectivity index (χ0v) is 13.0. The molecule has 0 amide bonds. The average Bonchev–Trinajstić information content (AvgIpc) is 2.41. The lowest BCUT2D eigenvalue weighted by atomic mass is 10.1. The molecule has 0 aliphatic rings. The van der Waals surface area contributed by atoms with Crippen molar-refractivity contribution in [3.8, 4) is 0 Å². The third kappa shape index (κ3) is 15.4. The highest BCUT2D eigenvalue weighted by Gasteiger charge is 2.02. The second-order valence-corrected chi connectivity index (χ2v) is 5.26. The first kappa shape index (κ1) is 18.4. The van der Waals surface area contributed by atoms with Crippen LogP contribution in [0.15, 0.2) is 0 Å². The minimum absolute atomic E-state index is 0.0181. The van der Waals surface area contributed by atoms with E-state index in [1.165, 1.54) is 38.5 Å². The van der Waals surface area contributed by atoms with E-state index >= 15 is 0 Å². The summed E-state index contributed by atoms with van der Waals surface area (Å²) in [5.41, 5.74) is 0. The third-order valence-corrected chi connectivity index (χ3v) is 3.32. The molecule has 0 saturated heterocycles. The van der Waals surface area contributed by atoms with Crippen molar-refractivity contribution < 1.29 is 9.53 Å². The number of nitrogens with one attached hydrogen (secondary N) is 1. The van der Waals surface area contributed by atoms with Crippen molar-refractivity contribution in [3.05, 3.63) is 0 Å². The summed E-state index contributed by atoms with van der Waals surface area (Å²) in [6.07, 6.45) is 12.6. The maximum absolute atomic E-state index is 11.4. The number of carbonyl (C=O) groups excluding carboxylic acids is 1. The van der Waals surface area contributed by atoms with Crippen molar-refractivity contribution in [2.24, 2.45) is 0 Å². The molecule has 19 heavy (non-hydrogen) atoms. The molecular weight excluding hydrogens is 238 g/mol. The molecule has 1 N–H and O–H groups in total. The summed E-state index contributed by atoms with van der Waals surface area (Å²) < 4.78 is 5.22. The van der Waals surface area contributed by atoms with E-state index in [4.69, 9.17) is 4.74 Å². The molecule has 0 aromatic heterocycles. The summed E-state index contributed by atoms with van der Waals surface area (Å²) in [5.74, 6) is -0.0181. The van der Waals surface area contributed by atoms with Gasteiger partial charge in [-0.05, 0) is 32.9 Å². The summed E-state index contributed by atoms with van der Waals surface area (Å²) in [6.45, 7) is 3.88. The lowest BCUT2D eigenvalue weighted by Crippen LogP contribution is -2.08. The van der Waals surface area contributed by atoms with Crippen LogP contribution in [0.25, 0.3) is 0 Å². The molecule has 0 aromatic rings. The highest BCUT2D eigenvalue weighted by atomic mass is 16.5. The number of hydrogen-bond acceptors (Lipinski definition) is 3. The number of carbonyl (C=O) groups is 1. The monoisotopic (exact) mass is 271 g/mol. The Hall–Kier alpha value is -0.570. The Balaban J connectivity index is 3.12. The van der Waals surface area contributed by atoms with Crippen molar-refractivity contribution in [2.75, 3.05) is 20.2 Å². The topological polar surface area (TPSA) is 38.3 Å². The first-order chi connectivity index (χ1) is 9.31. The maximum Gasteiger partial charge on any atom is 0.305 e. The van der Waals surface area contributed by atoms with E-state index in [1.807, 2.05) is 7.05 Å². The number of esters is 1. The van der Waals surface area contributed by atoms with E-state index < -0.39 is 0 Å².